The molecule has 3 heteroatoms. The highest BCUT2D eigenvalue weighted by molar-refractivity contribution is 9.09. The summed E-state index contributed by atoms with van der Waals surface area (Å²) in [5.41, 5.74) is 2.03. The first kappa shape index (κ1) is 12.7. The van der Waals surface area contributed by atoms with Gasteiger partial charge >= 0.3 is 0 Å². The zero-order valence-corrected chi connectivity index (χ0v) is 10.6. The summed E-state index contributed by atoms with van der Waals surface area (Å²) in [7, 11) is 0. The number of nitrogens with zero attached hydrogens (tertiary/aromatic N) is 2. The number of unbranched alkanes of at least 4 members (excludes halogenated alkanes) is 2. The molecule has 0 atom stereocenters. The topological polar surface area (TPSA) is 47.6 Å². The van der Waals surface area contributed by atoms with Gasteiger partial charge in [-0.15, -0.1) is 0 Å². The molecule has 1 rings (SSSR count). The number of benzene rings is 1. The van der Waals surface area contributed by atoms with Crippen LogP contribution in [0.5, 0.6) is 0 Å². The summed E-state index contributed by atoms with van der Waals surface area (Å²) in [6, 6.07) is 9.66. The standard InChI is InChI=1S/C13H13BrN2/c14-8-3-1-2-5-11-6-4-7-12(9-15)13(11)10-16/h4,6-7H,1-3,5,8H2. The maximum atomic E-state index is 9.02. The van der Waals surface area contributed by atoms with Crippen molar-refractivity contribution < 1.29 is 0 Å². The van der Waals surface area contributed by atoms with Crippen LogP contribution >= 0.6 is 15.9 Å². The van der Waals surface area contributed by atoms with Crippen LogP contribution in [-0.4, -0.2) is 5.33 Å². The van der Waals surface area contributed by atoms with E-state index >= 15 is 0 Å². The monoisotopic (exact) mass is 276 g/mol. The van der Waals surface area contributed by atoms with E-state index in [1.165, 1.54) is 0 Å². The number of rotatable bonds is 5. The van der Waals surface area contributed by atoms with E-state index in [2.05, 4.69) is 28.1 Å². The van der Waals surface area contributed by atoms with Crippen molar-refractivity contribution in [3.63, 3.8) is 0 Å². The Bertz CT molecular complexity index is 427. The molecule has 82 valence electrons. The first-order chi connectivity index (χ1) is 7.83. The Labute approximate surface area is 105 Å². The third kappa shape index (κ3) is 3.36. The lowest BCUT2D eigenvalue weighted by atomic mass is 9.98. The maximum absolute atomic E-state index is 9.02. The molecule has 0 radical (unpaired) electrons. The minimum atomic E-state index is 0.487. The van der Waals surface area contributed by atoms with Gasteiger partial charge in [-0.05, 0) is 30.9 Å². The largest absolute Gasteiger partial charge is 0.192 e. The van der Waals surface area contributed by atoms with Gasteiger partial charge in [-0.2, -0.15) is 10.5 Å². The second-order valence-electron chi connectivity index (χ2n) is 3.56. The molecule has 2 nitrogen and oxygen atoms in total. The fourth-order valence-electron chi connectivity index (χ4n) is 1.62. The normalized spacial score (nSPS) is 9.44. The smallest absolute Gasteiger partial charge is 0.101 e. The molecular formula is C13H13BrN2. The number of alkyl halides is 1. The molecule has 0 aliphatic carbocycles. The minimum Gasteiger partial charge on any atom is -0.192 e. The quantitative estimate of drug-likeness (QED) is 0.610. The van der Waals surface area contributed by atoms with E-state index in [-0.39, 0.29) is 0 Å². The van der Waals surface area contributed by atoms with E-state index < -0.39 is 0 Å². The summed E-state index contributed by atoms with van der Waals surface area (Å²) >= 11 is 3.39. The maximum Gasteiger partial charge on any atom is 0.101 e. The van der Waals surface area contributed by atoms with Gasteiger partial charge in [-0.1, -0.05) is 34.5 Å². The van der Waals surface area contributed by atoms with Crippen molar-refractivity contribution in [2.45, 2.75) is 25.7 Å². The number of aryl methyl sites for hydroxylation is 1. The summed E-state index contributed by atoms with van der Waals surface area (Å²) in [6.07, 6.45) is 4.24. The second-order valence-corrected chi connectivity index (χ2v) is 4.36. The molecule has 0 amide bonds. The van der Waals surface area contributed by atoms with Crippen molar-refractivity contribution in [2.75, 3.05) is 5.33 Å². The lowest BCUT2D eigenvalue weighted by Gasteiger charge is -2.04. The molecule has 0 aromatic heterocycles. The Morgan fingerprint density at radius 1 is 1.06 bits per heavy atom. The summed E-state index contributed by atoms with van der Waals surface area (Å²) in [4.78, 5) is 0. The van der Waals surface area contributed by atoms with Crippen molar-refractivity contribution in [2.24, 2.45) is 0 Å². The number of nitriles is 2. The van der Waals surface area contributed by atoms with Crippen LogP contribution in [-0.2, 0) is 6.42 Å². The fourth-order valence-corrected chi connectivity index (χ4v) is 2.02. The lowest BCUT2D eigenvalue weighted by molar-refractivity contribution is 0.723. The molecule has 1 aromatic rings. The van der Waals surface area contributed by atoms with Crippen LogP contribution in [0.15, 0.2) is 18.2 Å². The van der Waals surface area contributed by atoms with Gasteiger partial charge in [0.15, 0.2) is 0 Å². The van der Waals surface area contributed by atoms with Crippen LogP contribution in [0.1, 0.15) is 36.0 Å². The number of hydrogen-bond acceptors (Lipinski definition) is 2. The molecular weight excluding hydrogens is 264 g/mol. The highest BCUT2D eigenvalue weighted by atomic mass is 79.9. The molecule has 0 aliphatic heterocycles. The van der Waals surface area contributed by atoms with Crippen LogP contribution in [0.4, 0.5) is 0 Å². The van der Waals surface area contributed by atoms with Gasteiger partial charge in [0.2, 0.25) is 0 Å². The van der Waals surface area contributed by atoms with Crippen molar-refractivity contribution in [1.82, 2.24) is 0 Å². The molecule has 0 heterocycles. The molecule has 16 heavy (non-hydrogen) atoms. The summed E-state index contributed by atoms with van der Waals surface area (Å²) in [5, 5.41) is 18.9. The summed E-state index contributed by atoms with van der Waals surface area (Å²) < 4.78 is 0. The van der Waals surface area contributed by atoms with Crippen molar-refractivity contribution in [3.05, 3.63) is 34.9 Å². The SMILES string of the molecule is N#Cc1cccc(CCCCCBr)c1C#N. The van der Waals surface area contributed by atoms with Crippen LogP contribution in [0.3, 0.4) is 0 Å². The van der Waals surface area contributed by atoms with Gasteiger partial charge < -0.3 is 0 Å². The molecule has 0 N–H and O–H groups in total. The minimum absolute atomic E-state index is 0.487. The zero-order chi connectivity index (χ0) is 11.8. The molecule has 0 aliphatic rings. The Kier molecular flexibility index (Phi) is 5.61. The average Bonchev–Trinajstić information content (AvgIpc) is 2.34. The van der Waals surface area contributed by atoms with E-state index in [0.29, 0.717) is 11.1 Å². The molecule has 0 saturated heterocycles. The predicted molar refractivity (Wildman–Crippen MR) is 67.2 cm³/mol. The molecule has 0 bridgehead atoms. The highest BCUT2D eigenvalue weighted by Gasteiger charge is 2.06. The highest BCUT2D eigenvalue weighted by Crippen LogP contribution is 2.16. The Balaban J connectivity index is 2.74. The van der Waals surface area contributed by atoms with Crippen LogP contribution < -0.4 is 0 Å². The van der Waals surface area contributed by atoms with E-state index in [1.54, 1.807) is 6.07 Å². The third-order valence-corrected chi connectivity index (χ3v) is 3.02. The van der Waals surface area contributed by atoms with E-state index in [4.69, 9.17) is 10.5 Å². The van der Waals surface area contributed by atoms with E-state index in [9.17, 15) is 0 Å². The number of halogens is 1. The van der Waals surface area contributed by atoms with Crippen molar-refractivity contribution >= 4 is 15.9 Å². The number of hydrogen-bond donors (Lipinski definition) is 0. The van der Waals surface area contributed by atoms with Crippen LogP contribution in [0, 0.1) is 22.7 Å². The fraction of sp³-hybridized carbons (Fsp3) is 0.385. The first-order valence-corrected chi connectivity index (χ1v) is 6.43. The molecule has 0 spiro atoms. The van der Waals surface area contributed by atoms with E-state index in [0.717, 1.165) is 36.6 Å². The van der Waals surface area contributed by atoms with Crippen molar-refractivity contribution in [3.8, 4) is 12.1 Å². The zero-order valence-electron chi connectivity index (χ0n) is 9.04. The Hall–Kier alpha value is -1.32. The van der Waals surface area contributed by atoms with Gasteiger partial charge in [0.05, 0.1) is 11.1 Å². The van der Waals surface area contributed by atoms with Gasteiger partial charge in [0, 0.05) is 5.33 Å². The Morgan fingerprint density at radius 3 is 2.50 bits per heavy atom. The molecule has 1 aromatic carbocycles. The van der Waals surface area contributed by atoms with Crippen molar-refractivity contribution in [1.29, 1.82) is 10.5 Å². The van der Waals surface area contributed by atoms with Crippen LogP contribution in [0.25, 0.3) is 0 Å². The van der Waals surface area contributed by atoms with Crippen LogP contribution in [0.2, 0.25) is 0 Å². The summed E-state index contributed by atoms with van der Waals surface area (Å²) in [5.74, 6) is 0. The lowest BCUT2D eigenvalue weighted by Crippen LogP contribution is -1.94. The van der Waals surface area contributed by atoms with E-state index in [1.807, 2.05) is 12.1 Å². The predicted octanol–water partition coefficient (Wildman–Crippen LogP) is 3.54. The molecule has 0 unspecified atom stereocenters. The van der Waals surface area contributed by atoms with Gasteiger partial charge in [0.1, 0.15) is 12.1 Å². The first-order valence-electron chi connectivity index (χ1n) is 5.31. The third-order valence-electron chi connectivity index (χ3n) is 2.46. The Morgan fingerprint density at radius 2 is 1.88 bits per heavy atom. The van der Waals surface area contributed by atoms with Gasteiger partial charge in [0.25, 0.3) is 0 Å². The molecule has 0 saturated carbocycles. The van der Waals surface area contributed by atoms with Gasteiger partial charge in [-0.25, -0.2) is 0 Å². The summed E-state index contributed by atoms with van der Waals surface area (Å²) in [6.45, 7) is 0. The average molecular weight is 277 g/mol. The van der Waals surface area contributed by atoms with Gasteiger partial charge in [-0.3, -0.25) is 0 Å². The second kappa shape index (κ2) is 7.04. The molecule has 0 fully saturated rings.